The van der Waals surface area contributed by atoms with E-state index in [0.29, 0.717) is 19.6 Å². The van der Waals surface area contributed by atoms with E-state index in [9.17, 15) is 9.90 Å². The zero-order chi connectivity index (χ0) is 11.8. The van der Waals surface area contributed by atoms with Gasteiger partial charge in [-0.3, -0.25) is 4.79 Å². The van der Waals surface area contributed by atoms with Gasteiger partial charge in [-0.25, -0.2) is 0 Å². The molecule has 0 aliphatic heterocycles. The number of carbonyl (C=O) groups excluding carboxylic acids is 1. The molecule has 1 unspecified atom stereocenters. The number of hydrogen-bond donors (Lipinski definition) is 2. The molecule has 90 valence electrons. The summed E-state index contributed by atoms with van der Waals surface area (Å²) in [6, 6.07) is 0. The van der Waals surface area contributed by atoms with E-state index in [1.165, 1.54) is 0 Å². The fraction of sp³-hybridized carbons (Fsp3) is 0.909. The number of carbonyl (C=O) groups is 1. The highest BCUT2D eigenvalue weighted by molar-refractivity contribution is 5.75. The topological polar surface area (TPSA) is 58.6 Å². The molecule has 4 heteroatoms. The quantitative estimate of drug-likeness (QED) is 0.667. The molecule has 0 saturated carbocycles. The first-order chi connectivity index (χ1) is 6.93. The summed E-state index contributed by atoms with van der Waals surface area (Å²) in [5, 5.41) is 12.1. The number of nitrogens with one attached hydrogen (secondary N) is 1. The number of hydrogen-bond acceptors (Lipinski definition) is 3. The Hall–Kier alpha value is -0.610. The molecule has 0 aliphatic carbocycles. The Bertz CT molecular complexity index is 181. The number of aliphatic hydroxyl groups excluding tert-OH is 1. The van der Waals surface area contributed by atoms with E-state index in [4.69, 9.17) is 4.74 Å². The second-order valence-electron chi connectivity index (χ2n) is 4.28. The highest BCUT2D eigenvalue weighted by atomic mass is 16.5. The van der Waals surface area contributed by atoms with E-state index in [-0.39, 0.29) is 17.9 Å². The van der Waals surface area contributed by atoms with Crippen LogP contribution in [0.15, 0.2) is 0 Å². The molecular weight excluding hydrogens is 194 g/mol. The molecule has 0 aromatic carbocycles. The molecule has 1 atom stereocenters. The van der Waals surface area contributed by atoms with Crippen molar-refractivity contribution in [2.75, 3.05) is 13.2 Å². The van der Waals surface area contributed by atoms with Gasteiger partial charge >= 0.3 is 0 Å². The Kier molecular flexibility index (Phi) is 7.34. The van der Waals surface area contributed by atoms with Crippen molar-refractivity contribution in [1.82, 2.24) is 5.32 Å². The lowest BCUT2D eigenvalue weighted by Gasteiger charge is -2.15. The Balaban J connectivity index is 3.49. The van der Waals surface area contributed by atoms with Gasteiger partial charge < -0.3 is 15.2 Å². The normalized spacial score (nSPS) is 13.3. The predicted octanol–water partition coefficient (Wildman–Crippen LogP) is 0.935. The molecule has 0 saturated heterocycles. The molecule has 0 rings (SSSR count). The summed E-state index contributed by atoms with van der Waals surface area (Å²) in [6.07, 6.45) is 0.0298. The molecule has 0 bridgehead atoms. The lowest BCUT2D eigenvalue weighted by atomic mass is 10.1. The molecule has 0 spiro atoms. The third-order valence-corrected chi connectivity index (χ3v) is 2.06. The summed E-state index contributed by atoms with van der Waals surface area (Å²) in [7, 11) is 0. The van der Waals surface area contributed by atoms with Gasteiger partial charge in [0.2, 0.25) is 5.91 Å². The van der Waals surface area contributed by atoms with Gasteiger partial charge in [-0.2, -0.15) is 0 Å². The van der Waals surface area contributed by atoms with Gasteiger partial charge in [-0.1, -0.05) is 13.8 Å². The van der Waals surface area contributed by atoms with E-state index in [1.807, 2.05) is 27.7 Å². The first-order valence-electron chi connectivity index (χ1n) is 5.49. The van der Waals surface area contributed by atoms with Crippen LogP contribution in [0.25, 0.3) is 0 Å². The molecule has 0 aliphatic rings. The Morgan fingerprint density at radius 1 is 1.33 bits per heavy atom. The molecule has 0 aromatic heterocycles. The van der Waals surface area contributed by atoms with Crippen LogP contribution >= 0.6 is 0 Å². The summed E-state index contributed by atoms with van der Waals surface area (Å²) in [5.41, 5.74) is 0. The minimum atomic E-state index is -0.472. The van der Waals surface area contributed by atoms with Crippen LogP contribution in [0, 0.1) is 5.92 Å². The van der Waals surface area contributed by atoms with Gasteiger partial charge in [0, 0.05) is 13.0 Å². The third kappa shape index (κ3) is 8.39. The van der Waals surface area contributed by atoms with Gasteiger partial charge in [0.05, 0.1) is 18.8 Å². The Labute approximate surface area is 92.0 Å². The van der Waals surface area contributed by atoms with Crippen molar-refractivity contribution in [3.8, 4) is 0 Å². The van der Waals surface area contributed by atoms with Crippen molar-refractivity contribution < 1.29 is 14.6 Å². The largest absolute Gasteiger partial charge is 0.391 e. The number of aliphatic hydroxyl groups is 1. The van der Waals surface area contributed by atoms with Crippen LogP contribution < -0.4 is 5.32 Å². The van der Waals surface area contributed by atoms with Crippen LogP contribution in [-0.4, -0.2) is 36.4 Å². The van der Waals surface area contributed by atoms with Crippen LogP contribution in [0.3, 0.4) is 0 Å². The lowest BCUT2D eigenvalue weighted by Crippen LogP contribution is -2.35. The minimum absolute atomic E-state index is 0.0737. The van der Waals surface area contributed by atoms with Gasteiger partial charge in [0.1, 0.15) is 0 Å². The number of rotatable bonds is 7. The maximum atomic E-state index is 11.2. The second-order valence-corrected chi connectivity index (χ2v) is 4.28. The number of ether oxygens (including phenoxy) is 1. The molecule has 15 heavy (non-hydrogen) atoms. The van der Waals surface area contributed by atoms with Gasteiger partial charge in [0.15, 0.2) is 0 Å². The first-order valence-corrected chi connectivity index (χ1v) is 5.49. The molecule has 2 N–H and O–H groups in total. The number of amides is 1. The summed E-state index contributed by atoms with van der Waals surface area (Å²) in [6.45, 7) is 8.44. The lowest BCUT2D eigenvalue weighted by molar-refractivity contribution is -0.123. The fourth-order valence-electron chi connectivity index (χ4n) is 0.930. The van der Waals surface area contributed by atoms with Crippen LogP contribution in [0.5, 0.6) is 0 Å². The minimum Gasteiger partial charge on any atom is -0.391 e. The van der Waals surface area contributed by atoms with Crippen molar-refractivity contribution in [1.29, 1.82) is 0 Å². The maximum absolute atomic E-state index is 11.2. The smallest absolute Gasteiger partial charge is 0.222 e. The zero-order valence-corrected chi connectivity index (χ0v) is 10.1. The molecule has 0 fully saturated rings. The van der Waals surface area contributed by atoms with Gasteiger partial charge in [0.25, 0.3) is 0 Å². The summed E-state index contributed by atoms with van der Waals surface area (Å²) >= 11 is 0. The van der Waals surface area contributed by atoms with Crippen LogP contribution in [0.2, 0.25) is 0 Å². The Morgan fingerprint density at radius 3 is 2.40 bits per heavy atom. The van der Waals surface area contributed by atoms with E-state index in [1.54, 1.807) is 0 Å². The highest BCUT2D eigenvalue weighted by Crippen LogP contribution is 1.99. The van der Waals surface area contributed by atoms with E-state index in [0.717, 1.165) is 0 Å². The SMILES string of the molecule is CC(C)OCCC(=O)NCC(O)C(C)C. The van der Waals surface area contributed by atoms with Crippen molar-refractivity contribution in [2.24, 2.45) is 5.92 Å². The van der Waals surface area contributed by atoms with Crippen molar-refractivity contribution in [3.63, 3.8) is 0 Å². The first kappa shape index (κ1) is 14.4. The monoisotopic (exact) mass is 217 g/mol. The second kappa shape index (κ2) is 7.65. The maximum Gasteiger partial charge on any atom is 0.222 e. The van der Waals surface area contributed by atoms with Crippen molar-refractivity contribution in [2.45, 2.75) is 46.3 Å². The van der Waals surface area contributed by atoms with E-state index < -0.39 is 6.10 Å². The summed E-state index contributed by atoms with van der Waals surface area (Å²) < 4.78 is 5.24. The molecule has 4 nitrogen and oxygen atoms in total. The summed E-state index contributed by atoms with van der Waals surface area (Å²) in [5.74, 6) is 0.0903. The van der Waals surface area contributed by atoms with Crippen LogP contribution in [0.1, 0.15) is 34.1 Å². The fourth-order valence-corrected chi connectivity index (χ4v) is 0.930. The average molecular weight is 217 g/mol. The standard InChI is InChI=1S/C11H23NO3/c1-8(2)10(13)7-12-11(14)5-6-15-9(3)4/h8-10,13H,5-7H2,1-4H3,(H,12,14). The zero-order valence-electron chi connectivity index (χ0n) is 10.1. The third-order valence-electron chi connectivity index (χ3n) is 2.06. The molecule has 0 aromatic rings. The van der Waals surface area contributed by atoms with Crippen LogP contribution in [-0.2, 0) is 9.53 Å². The average Bonchev–Trinajstić information content (AvgIpc) is 2.13. The molecule has 0 heterocycles. The molecule has 0 radical (unpaired) electrons. The summed E-state index contributed by atoms with van der Waals surface area (Å²) in [4.78, 5) is 11.2. The molecular formula is C11H23NO3. The van der Waals surface area contributed by atoms with E-state index >= 15 is 0 Å². The van der Waals surface area contributed by atoms with E-state index in [2.05, 4.69) is 5.32 Å². The van der Waals surface area contributed by atoms with Crippen molar-refractivity contribution in [3.05, 3.63) is 0 Å². The van der Waals surface area contributed by atoms with Gasteiger partial charge in [-0.05, 0) is 19.8 Å². The molecule has 1 amide bonds. The predicted molar refractivity (Wildman–Crippen MR) is 59.6 cm³/mol. The van der Waals surface area contributed by atoms with Crippen LogP contribution in [0.4, 0.5) is 0 Å². The Morgan fingerprint density at radius 2 is 1.93 bits per heavy atom. The van der Waals surface area contributed by atoms with Crippen molar-refractivity contribution >= 4 is 5.91 Å². The van der Waals surface area contributed by atoms with Gasteiger partial charge in [-0.15, -0.1) is 0 Å². The highest BCUT2D eigenvalue weighted by Gasteiger charge is 2.10.